The molecule has 8 rings (SSSR count). The maximum Gasteiger partial charge on any atom is 0.328 e. The first-order chi connectivity index (χ1) is 25.3. The van der Waals surface area contributed by atoms with E-state index in [1.807, 2.05) is 30.0 Å². The van der Waals surface area contributed by atoms with Crippen molar-refractivity contribution in [1.29, 1.82) is 0 Å². The number of hydrogen-bond acceptors (Lipinski definition) is 11. The fourth-order valence-electron chi connectivity index (χ4n) is 7.80. The topological polar surface area (TPSA) is 136 Å². The lowest BCUT2D eigenvalue weighted by atomic mass is 9.85. The van der Waals surface area contributed by atoms with Crippen molar-refractivity contribution in [3.8, 4) is 9.75 Å². The zero-order valence-electron chi connectivity index (χ0n) is 29.4. The molecular formula is C38H43N9O3S2. The van der Waals surface area contributed by atoms with Gasteiger partial charge in [-0.25, -0.2) is 9.78 Å². The van der Waals surface area contributed by atoms with Crippen LogP contribution in [0.1, 0.15) is 56.3 Å². The van der Waals surface area contributed by atoms with Crippen LogP contribution in [-0.4, -0.2) is 89.0 Å². The van der Waals surface area contributed by atoms with Gasteiger partial charge in [0.1, 0.15) is 4.83 Å². The van der Waals surface area contributed by atoms with Crippen molar-refractivity contribution < 1.29 is 14.4 Å². The van der Waals surface area contributed by atoms with Gasteiger partial charge in [0.25, 0.3) is 5.91 Å². The maximum atomic E-state index is 13.7. The van der Waals surface area contributed by atoms with E-state index in [9.17, 15) is 14.4 Å². The number of carbonyl (C=O) groups is 3. The average Bonchev–Trinajstić information content (AvgIpc) is 3.84. The third-order valence-corrected chi connectivity index (χ3v) is 12.4. The third kappa shape index (κ3) is 7.06. The Morgan fingerprint density at radius 1 is 0.923 bits per heavy atom. The van der Waals surface area contributed by atoms with Gasteiger partial charge in [-0.1, -0.05) is 12.1 Å². The normalized spacial score (nSPS) is 20.1. The molecule has 0 radical (unpaired) electrons. The van der Waals surface area contributed by atoms with Crippen LogP contribution < -0.4 is 25.8 Å². The zero-order valence-corrected chi connectivity index (χ0v) is 31.1. The number of fused-ring (bicyclic) bond motifs is 2. The number of carbonyl (C=O) groups excluding carboxylic acids is 3. The number of piperazine rings is 1. The molecule has 6 heterocycles. The van der Waals surface area contributed by atoms with Gasteiger partial charge in [0.2, 0.25) is 5.91 Å². The molecule has 4 aromatic heterocycles. The Morgan fingerprint density at radius 3 is 2.50 bits per heavy atom. The summed E-state index contributed by atoms with van der Waals surface area (Å²) in [5.41, 5.74) is 5.13. The number of nitrogens with one attached hydrogen (secondary N) is 3. The highest BCUT2D eigenvalue weighted by Crippen LogP contribution is 2.39. The molecule has 0 bridgehead atoms. The van der Waals surface area contributed by atoms with E-state index in [0.29, 0.717) is 18.0 Å². The number of nitrogens with zero attached hydrogens (tertiary/aromatic N) is 6. The lowest BCUT2D eigenvalue weighted by Crippen LogP contribution is -2.49. The highest BCUT2D eigenvalue weighted by atomic mass is 32.1. The Morgan fingerprint density at radius 2 is 1.75 bits per heavy atom. The van der Waals surface area contributed by atoms with Gasteiger partial charge in [-0.3, -0.25) is 34.7 Å². The van der Waals surface area contributed by atoms with Gasteiger partial charge >= 0.3 is 6.03 Å². The minimum atomic E-state index is -0.399. The fourth-order valence-corrected chi connectivity index (χ4v) is 9.52. The molecule has 3 N–H and O–H groups in total. The predicted molar refractivity (Wildman–Crippen MR) is 209 cm³/mol. The maximum absolute atomic E-state index is 13.7. The number of imide groups is 1. The first-order valence-corrected chi connectivity index (χ1v) is 19.8. The monoisotopic (exact) mass is 737 g/mol. The molecule has 1 aliphatic carbocycles. The van der Waals surface area contributed by atoms with E-state index >= 15 is 0 Å². The molecule has 4 amide bonds. The van der Waals surface area contributed by atoms with Crippen molar-refractivity contribution in [2.45, 2.75) is 58.0 Å². The number of benzene rings is 1. The molecule has 3 aliphatic rings. The molecule has 0 spiro atoms. The van der Waals surface area contributed by atoms with Crippen LogP contribution in [0.3, 0.4) is 0 Å². The van der Waals surface area contributed by atoms with E-state index in [-0.39, 0.29) is 30.3 Å². The average molecular weight is 738 g/mol. The van der Waals surface area contributed by atoms with Gasteiger partial charge in [0.15, 0.2) is 0 Å². The van der Waals surface area contributed by atoms with Crippen LogP contribution in [0.15, 0.2) is 54.6 Å². The van der Waals surface area contributed by atoms with Gasteiger partial charge in [-0.15, -0.1) is 22.7 Å². The second-order valence-electron chi connectivity index (χ2n) is 14.3. The quantitative estimate of drug-likeness (QED) is 0.158. The fraction of sp³-hybridized carbons (Fsp3) is 0.421. The number of thiazole rings is 1. The highest BCUT2D eigenvalue weighted by molar-refractivity contribution is 7.25. The Labute approximate surface area is 310 Å². The summed E-state index contributed by atoms with van der Waals surface area (Å²) >= 11 is 3.23. The summed E-state index contributed by atoms with van der Waals surface area (Å²) in [7, 11) is 0. The van der Waals surface area contributed by atoms with Gasteiger partial charge in [0.05, 0.1) is 33.5 Å². The van der Waals surface area contributed by atoms with E-state index in [0.717, 1.165) is 106 Å². The van der Waals surface area contributed by atoms with Gasteiger partial charge in [0, 0.05) is 103 Å². The molecule has 14 heteroatoms. The first-order valence-electron chi connectivity index (χ1n) is 18.1. The first kappa shape index (κ1) is 34.4. The number of thiophene rings is 1. The van der Waals surface area contributed by atoms with Crippen molar-refractivity contribution in [2.75, 3.05) is 54.4 Å². The minimum absolute atomic E-state index is 0.0623. The van der Waals surface area contributed by atoms with Crippen LogP contribution in [-0.2, 0) is 4.79 Å². The number of rotatable bonds is 9. The lowest BCUT2D eigenvalue weighted by Gasteiger charge is -2.39. The lowest BCUT2D eigenvalue weighted by molar-refractivity contribution is -0.120. The summed E-state index contributed by atoms with van der Waals surface area (Å²) < 4.78 is 0. The molecule has 1 aromatic carbocycles. The number of amides is 4. The van der Waals surface area contributed by atoms with E-state index in [1.54, 1.807) is 40.0 Å². The molecule has 2 aliphatic heterocycles. The van der Waals surface area contributed by atoms with E-state index in [2.05, 4.69) is 61.7 Å². The molecule has 2 saturated heterocycles. The highest BCUT2D eigenvalue weighted by Gasteiger charge is 2.29. The van der Waals surface area contributed by atoms with Gasteiger partial charge < -0.3 is 15.5 Å². The van der Waals surface area contributed by atoms with Crippen molar-refractivity contribution in [2.24, 2.45) is 5.92 Å². The Hall–Kier alpha value is -4.66. The molecule has 52 heavy (non-hydrogen) atoms. The molecule has 0 atom stereocenters. The second kappa shape index (κ2) is 14.8. The number of hydrogen-bond donors (Lipinski definition) is 3. The smallest absolute Gasteiger partial charge is 0.328 e. The van der Waals surface area contributed by atoms with Crippen LogP contribution in [0, 0.1) is 5.92 Å². The molecule has 270 valence electrons. The van der Waals surface area contributed by atoms with Crippen LogP contribution in [0.2, 0.25) is 0 Å². The van der Waals surface area contributed by atoms with Gasteiger partial charge in [-0.05, 0) is 57.6 Å². The summed E-state index contributed by atoms with van der Waals surface area (Å²) in [6, 6.07) is 8.25. The van der Waals surface area contributed by atoms with Gasteiger partial charge in [-0.2, -0.15) is 0 Å². The van der Waals surface area contributed by atoms with Crippen LogP contribution in [0.4, 0.5) is 21.9 Å². The molecule has 1 saturated carbocycles. The summed E-state index contributed by atoms with van der Waals surface area (Å²) in [5.74, 6) is 0.302. The second-order valence-corrected chi connectivity index (χ2v) is 16.2. The van der Waals surface area contributed by atoms with E-state index < -0.39 is 6.03 Å². The van der Waals surface area contributed by atoms with Crippen molar-refractivity contribution in [3.05, 3.63) is 60.1 Å². The van der Waals surface area contributed by atoms with Crippen LogP contribution >= 0.6 is 22.7 Å². The summed E-state index contributed by atoms with van der Waals surface area (Å²) in [6.07, 6.45) is 11.6. The summed E-state index contributed by atoms with van der Waals surface area (Å²) in [5, 5.41) is 12.3. The number of anilines is 3. The van der Waals surface area contributed by atoms with Crippen molar-refractivity contribution >= 4 is 78.6 Å². The van der Waals surface area contributed by atoms with Crippen LogP contribution in [0.5, 0.6) is 0 Å². The zero-order chi connectivity index (χ0) is 35.8. The molecule has 0 unspecified atom stereocenters. The number of pyridine rings is 2. The Balaban J connectivity index is 0.860. The molecule has 3 fully saturated rings. The van der Waals surface area contributed by atoms with Crippen LogP contribution in [0.25, 0.3) is 30.7 Å². The Kier molecular flexibility index (Phi) is 9.77. The Bertz CT molecular complexity index is 2100. The predicted octanol–water partition coefficient (Wildman–Crippen LogP) is 6.35. The minimum Gasteiger partial charge on any atom is -0.382 e. The van der Waals surface area contributed by atoms with E-state index in [1.165, 1.54) is 0 Å². The number of urea groups is 1. The standard InChI is InChI=1S/C38H43N9O3S2/c1-23(2)42-35-27-16-32(33-20-40-22-51-33)52-37(27)41-18-29(35)36(49)43-25-8-6-24(7-9-25)21-45-12-14-46(15-13-45)30-5-3-4-26-28(30)17-39-19-31(26)47-11-10-34(48)44-38(47)50/h3-5,16-20,22-25H,6-15,21H2,1-2H3,(H,41,42)(H,43,49)(H,44,48,50). The van der Waals surface area contributed by atoms with Crippen molar-refractivity contribution in [3.63, 3.8) is 0 Å². The number of aromatic nitrogens is 3. The van der Waals surface area contributed by atoms with E-state index in [4.69, 9.17) is 4.98 Å². The third-order valence-electron chi connectivity index (χ3n) is 10.4. The molecular weight excluding hydrogens is 695 g/mol. The molecule has 5 aromatic rings. The summed E-state index contributed by atoms with van der Waals surface area (Å²) in [6.45, 7) is 9.37. The SMILES string of the molecule is CC(C)Nc1c(C(=O)NC2CCC(CN3CCN(c4cccc5c(N6CCC(=O)NC6=O)cncc45)CC3)CC2)cnc2sc(-c3cncs3)cc12. The van der Waals surface area contributed by atoms with Crippen molar-refractivity contribution in [1.82, 2.24) is 30.5 Å². The molecule has 12 nitrogen and oxygen atoms in total. The largest absolute Gasteiger partial charge is 0.382 e. The summed E-state index contributed by atoms with van der Waals surface area (Å²) in [4.78, 5) is 61.2.